The topological polar surface area (TPSA) is 72.3 Å². The summed E-state index contributed by atoms with van der Waals surface area (Å²) in [5.74, 6) is 0.864. The van der Waals surface area contributed by atoms with Gasteiger partial charge in [-0.1, -0.05) is 23.4 Å². The molecule has 0 radical (unpaired) electrons. The summed E-state index contributed by atoms with van der Waals surface area (Å²) in [5.41, 5.74) is 2.65. The smallest absolute Gasteiger partial charge is 0.234 e. The van der Waals surface area contributed by atoms with Crippen molar-refractivity contribution < 1.29 is 9.53 Å². The van der Waals surface area contributed by atoms with Gasteiger partial charge in [-0.05, 0) is 55.3 Å². The van der Waals surface area contributed by atoms with Crippen LogP contribution in [0.15, 0.2) is 53.9 Å². The average Bonchev–Trinajstić information content (AvgIpc) is 3.45. The number of benzene rings is 2. The van der Waals surface area contributed by atoms with Gasteiger partial charge in [-0.25, -0.2) is 0 Å². The minimum atomic E-state index is -0.119. The van der Waals surface area contributed by atoms with E-state index < -0.39 is 0 Å². The largest absolute Gasteiger partial charge is 0.497 e. The van der Waals surface area contributed by atoms with Crippen LogP contribution < -0.4 is 15.0 Å². The van der Waals surface area contributed by atoms with Crippen LogP contribution in [0.2, 0.25) is 5.02 Å². The van der Waals surface area contributed by atoms with E-state index in [4.69, 9.17) is 16.3 Å². The number of hydrogen-bond donors (Lipinski definition) is 1. The second-order valence-electron chi connectivity index (χ2n) is 6.87. The molecule has 1 amide bonds. The van der Waals surface area contributed by atoms with Crippen LogP contribution in [0, 0.1) is 0 Å². The highest BCUT2D eigenvalue weighted by molar-refractivity contribution is 7.99. The molecule has 0 saturated carbocycles. The first-order valence-corrected chi connectivity index (χ1v) is 11.0. The first-order valence-electron chi connectivity index (χ1n) is 9.65. The lowest BCUT2D eigenvalue weighted by atomic mass is 10.2. The maximum Gasteiger partial charge on any atom is 0.234 e. The van der Waals surface area contributed by atoms with E-state index in [1.54, 1.807) is 19.5 Å². The van der Waals surface area contributed by atoms with Gasteiger partial charge in [-0.2, -0.15) is 0 Å². The Morgan fingerprint density at radius 2 is 1.97 bits per heavy atom. The SMILES string of the molecule is COc1ccc(-n2cnnc2SCC(=O)Nc2cc(Cl)ccc2N2CCCC2)cc1. The number of aromatic nitrogens is 3. The van der Waals surface area contributed by atoms with Crippen molar-refractivity contribution >= 4 is 40.6 Å². The number of ether oxygens (including phenoxy) is 1. The molecule has 0 spiro atoms. The van der Waals surface area contributed by atoms with E-state index in [0.717, 1.165) is 48.7 Å². The van der Waals surface area contributed by atoms with Crippen molar-refractivity contribution in [2.24, 2.45) is 0 Å². The molecule has 2 aromatic carbocycles. The van der Waals surface area contributed by atoms with E-state index in [1.807, 2.05) is 41.0 Å². The molecule has 0 atom stereocenters. The molecule has 0 aliphatic carbocycles. The number of anilines is 2. The van der Waals surface area contributed by atoms with Gasteiger partial charge in [0.25, 0.3) is 0 Å². The van der Waals surface area contributed by atoms with Crippen molar-refractivity contribution in [3.8, 4) is 11.4 Å². The lowest BCUT2D eigenvalue weighted by Crippen LogP contribution is -2.22. The lowest BCUT2D eigenvalue weighted by molar-refractivity contribution is -0.113. The summed E-state index contributed by atoms with van der Waals surface area (Å²) in [6.07, 6.45) is 3.95. The molecule has 1 aromatic heterocycles. The summed E-state index contributed by atoms with van der Waals surface area (Å²) in [6.45, 7) is 1.98. The summed E-state index contributed by atoms with van der Waals surface area (Å²) in [7, 11) is 1.63. The number of methoxy groups -OCH3 is 1. The normalized spacial score (nSPS) is 13.5. The molecule has 3 aromatic rings. The number of carbonyl (C=O) groups is 1. The third-order valence-electron chi connectivity index (χ3n) is 4.88. The fourth-order valence-electron chi connectivity index (χ4n) is 3.40. The van der Waals surface area contributed by atoms with Crippen molar-refractivity contribution in [1.82, 2.24) is 14.8 Å². The summed E-state index contributed by atoms with van der Waals surface area (Å²) in [5, 5.41) is 12.4. The maximum atomic E-state index is 12.6. The van der Waals surface area contributed by atoms with Crippen molar-refractivity contribution in [3.63, 3.8) is 0 Å². The summed E-state index contributed by atoms with van der Waals surface area (Å²) in [4.78, 5) is 14.9. The Kier molecular flexibility index (Phi) is 6.44. The van der Waals surface area contributed by atoms with Crippen LogP contribution in [-0.2, 0) is 4.79 Å². The predicted molar refractivity (Wildman–Crippen MR) is 120 cm³/mol. The van der Waals surface area contributed by atoms with Crippen molar-refractivity contribution in [1.29, 1.82) is 0 Å². The zero-order valence-electron chi connectivity index (χ0n) is 16.5. The Morgan fingerprint density at radius 3 is 2.70 bits per heavy atom. The van der Waals surface area contributed by atoms with Crippen LogP contribution in [0.3, 0.4) is 0 Å². The Morgan fingerprint density at radius 1 is 1.20 bits per heavy atom. The quantitative estimate of drug-likeness (QED) is 0.550. The van der Waals surface area contributed by atoms with Gasteiger partial charge in [0.2, 0.25) is 5.91 Å². The Bertz CT molecular complexity index is 1020. The van der Waals surface area contributed by atoms with E-state index >= 15 is 0 Å². The van der Waals surface area contributed by atoms with Gasteiger partial charge >= 0.3 is 0 Å². The molecular weight excluding hydrogens is 422 g/mol. The van der Waals surface area contributed by atoms with E-state index in [2.05, 4.69) is 20.4 Å². The van der Waals surface area contributed by atoms with Crippen molar-refractivity contribution in [3.05, 3.63) is 53.8 Å². The van der Waals surface area contributed by atoms with Gasteiger partial charge in [0, 0.05) is 23.8 Å². The zero-order chi connectivity index (χ0) is 20.9. The fourth-order valence-corrected chi connectivity index (χ4v) is 4.30. The molecule has 9 heteroatoms. The molecule has 1 N–H and O–H groups in total. The number of amides is 1. The second kappa shape index (κ2) is 9.40. The second-order valence-corrected chi connectivity index (χ2v) is 8.25. The van der Waals surface area contributed by atoms with E-state index in [9.17, 15) is 4.79 Å². The molecule has 30 heavy (non-hydrogen) atoms. The molecule has 2 heterocycles. The fraction of sp³-hybridized carbons (Fsp3) is 0.286. The predicted octanol–water partition coefficient (Wildman–Crippen LogP) is 4.26. The minimum absolute atomic E-state index is 0.119. The molecule has 1 fully saturated rings. The number of nitrogens with zero attached hydrogens (tertiary/aromatic N) is 4. The Balaban J connectivity index is 1.43. The third kappa shape index (κ3) is 4.71. The molecular formula is C21H22ClN5O2S. The van der Waals surface area contributed by atoms with Gasteiger partial charge in [-0.15, -0.1) is 10.2 Å². The molecule has 0 bridgehead atoms. The average molecular weight is 444 g/mol. The standard InChI is InChI=1S/C21H22ClN5O2S/c1-29-17-7-5-16(6-8-17)27-14-23-25-21(27)30-13-20(28)24-18-12-15(22)4-9-19(18)26-10-2-3-11-26/h4-9,12,14H,2-3,10-11,13H2,1H3,(H,24,28). The van der Waals surface area contributed by atoms with Crippen LogP contribution in [-0.4, -0.2) is 46.6 Å². The third-order valence-corrected chi connectivity index (χ3v) is 6.06. The molecule has 4 rings (SSSR count). The number of halogens is 1. The van der Waals surface area contributed by atoms with Crippen LogP contribution >= 0.6 is 23.4 Å². The zero-order valence-corrected chi connectivity index (χ0v) is 18.1. The van der Waals surface area contributed by atoms with E-state index in [-0.39, 0.29) is 11.7 Å². The van der Waals surface area contributed by atoms with E-state index in [1.165, 1.54) is 11.8 Å². The molecule has 1 aliphatic heterocycles. The summed E-state index contributed by atoms with van der Waals surface area (Å²) in [6, 6.07) is 13.2. The van der Waals surface area contributed by atoms with Gasteiger partial charge < -0.3 is 15.0 Å². The van der Waals surface area contributed by atoms with Crippen LogP contribution in [0.4, 0.5) is 11.4 Å². The number of thioether (sulfide) groups is 1. The summed E-state index contributed by atoms with van der Waals surface area (Å²) < 4.78 is 7.04. The van der Waals surface area contributed by atoms with Gasteiger partial charge in [0.05, 0.1) is 24.2 Å². The number of carbonyl (C=O) groups excluding carboxylic acids is 1. The molecule has 1 aliphatic rings. The number of rotatable bonds is 7. The monoisotopic (exact) mass is 443 g/mol. The van der Waals surface area contributed by atoms with Crippen LogP contribution in [0.1, 0.15) is 12.8 Å². The highest BCUT2D eigenvalue weighted by atomic mass is 35.5. The number of nitrogens with one attached hydrogen (secondary N) is 1. The molecule has 0 unspecified atom stereocenters. The van der Waals surface area contributed by atoms with Crippen LogP contribution in [0.5, 0.6) is 5.75 Å². The van der Waals surface area contributed by atoms with Crippen LogP contribution in [0.25, 0.3) is 5.69 Å². The highest BCUT2D eigenvalue weighted by Gasteiger charge is 2.18. The lowest BCUT2D eigenvalue weighted by Gasteiger charge is -2.21. The minimum Gasteiger partial charge on any atom is -0.497 e. The molecule has 1 saturated heterocycles. The first kappa shape index (κ1) is 20.6. The first-order chi connectivity index (χ1) is 14.6. The van der Waals surface area contributed by atoms with Crippen molar-refractivity contribution in [2.75, 3.05) is 36.2 Å². The van der Waals surface area contributed by atoms with Gasteiger partial charge in [0.1, 0.15) is 12.1 Å². The molecule has 7 nitrogen and oxygen atoms in total. The Hall–Kier alpha value is -2.71. The van der Waals surface area contributed by atoms with Crippen molar-refractivity contribution in [2.45, 2.75) is 18.0 Å². The Labute approximate surface area is 184 Å². The van der Waals surface area contributed by atoms with E-state index in [0.29, 0.717) is 10.2 Å². The summed E-state index contributed by atoms with van der Waals surface area (Å²) >= 11 is 7.50. The van der Waals surface area contributed by atoms with Gasteiger partial charge in [-0.3, -0.25) is 9.36 Å². The maximum absolute atomic E-state index is 12.6. The molecule has 156 valence electrons. The number of hydrogen-bond acceptors (Lipinski definition) is 6. The highest BCUT2D eigenvalue weighted by Crippen LogP contribution is 2.32. The van der Waals surface area contributed by atoms with Gasteiger partial charge in [0.15, 0.2) is 5.16 Å².